The summed E-state index contributed by atoms with van der Waals surface area (Å²) in [6.45, 7) is 1.61. The molecule has 0 saturated carbocycles. The molecule has 1 atom stereocenters. The lowest BCUT2D eigenvalue weighted by atomic mass is 10.3. The molecule has 0 aromatic rings. The van der Waals surface area contributed by atoms with Gasteiger partial charge in [-0.1, -0.05) is 13.3 Å². The van der Waals surface area contributed by atoms with Crippen LogP contribution in [0.3, 0.4) is 0 Å². The third-order valence-corrected chi connectivity index (χ3v) is 5.23. The average molecular weight is 358 g/mol. The Balaban J connectivity index is 5.05. The predicted molar refractivity (Wildman–Crippen MR) is 74.3 cm³/mol. The van der Waals surface area contributed by atoms with Gasteiger partial charge in [-0.2, -0.15) is 13.1 Å². The van der Waals surface area contributed by atoms with Crippen LogP contribution in [0, 0.1) is 0 Å². The molecule has 0 rings (SSSR count). The van der Waals surface area contributed by atoms with Gasteiger partial charge >= 0.3 is 17.9 Å². The van der Waals surface area contributed by atoms with Crippen LogP contribution in [0.5, 0.6) is 0 Å². The molecule has 2 N–H and O–H groups in total. The first-order valence-electron chi connectivity index (χ1n) is 5.54. The number of alkyl halides is 2. The minimum atomic E-state index is -4.53. The molecule has 0 amide bonds. The molecular weight excluding hydrogens is 340 g/mol. The van der Waals surface area contributed by atoms with Crippen molar-refractivity contribution >= 4 is 41.1 Å². The van der Waals surface area contributed by atoms with Gasteiger partial charge < -0.3 is 9.05 Å². The minimum Gasteiger partial charge on any atom is -0.306 e. The van der Waals surface area contributed by atoms with Crippen molar-refractivity contribution in [2.75, 3.05) is 25.0 Å². The number of halogens is 2. The first-order valence-corrected chi connectivity index (χ1v) is 9.66. The Labute approximate surface area is 123 Å². The molecule has 19 heavy (non-hydrogen) atoms. The molecule has 0 aliphatic heterocycles. The number of hydrogen-bond acceptors (Lipinski definition) is 5. The summed E-state index contributed by atoms with van der Waals surface area (Å²) in [5.74, 6) is -1.04. The van der Waals surface area contributed by atoms with E-state index in [-0.39, 0.29) is 31.4 Å². The van der Waals surface area contributed by atoms with Crippen molar-refractivity contribution in [3.63, 3.8) is 0 Å². The molecule has 11 heteroatoms. The van der Waals surface area contributed by atoms with E-state index in [2.05, 4.69) is 0 Å². The van der Waals surface area contributed by atoms with E-state index in [1.165, 1.54) is 0 Å². The van der Waals surface area contributed by atoms with Crippen LogP contribution in [-0.2, 0) is 23.9 Å². The number of hydrogen-bond donors (Lipinski definition) is 2. The normalized spacial score (nSPS) is 14.5. The molecule has 0 bridgehead atoms. The van der Waals surface area contributed by atoms with Gasteiger partial charge in [0.25, 0.3) is 0 Å². The molecule has 0 radical (unpaired) electrons. The van der Waals surface area contributed by atoms with Crippen LogP contribution in [0.1, 0.15) is 19.8 Å². The van der Waals surface area contributed by atoms with Crippen molar-refractivity contribution in [3.8, 4) is 0 Å². The van der Waals surface area contributed by atoms with Crippen LogP contribution in [0.15, 0.2) is 0 Å². The maximum Gasteiger partial charge on any atom is 0.348 e. The van der Waals surface area contributed by atoms with E-state index < -0.39 is 23.7 Å². The molecule has 0 aliphatic rings. The molecule has 0 aromatic carbocycles. The van der Waals surface area contributed by atoms with Crippen LogP contribution < -0.4 is 4.72 Å². The largest absolute Gasteiger partial charge is 0.348 e. The van der Waals surface area contributed by atoms with Crippen LogP contribution in [-0.4, -0.2) is 43.7 Å². The predicted octanol–water partition coefficient (Wildman–Crippen LogP) is 2.21. The average Bonchev–Trinajstić information content (AvgIpc) is 2.32. The second kappa shape index (κ2) is 9.52. The topological polar surface area (TPSA) is 102 Å². The Hall–Kier alpha value is 0.600. The number of nitrogens with one attached hydrogen (secondary N) is 1. The van der Waals surface area contributed by atoms with Crippen LogP contribution in [0.4, 0.5) is 0 Å². The summed E-state index contributed by atoms with van der Waals surface area (Å²) >= 11 is 10.9. The fourth-order valence-corrected chi connectivity index (χ4v) is 4.72. The molecule has 0 aromatic heterocycles. The monoisotopic (exact) mass is 357 g/mol. The summed E-state index contributed by atoms with van der Waals surface area (Å²) in [6, 6.07) is 0. The van der Waals surface area contributed by atoms with Gasteiger partial charge in [-0.05, 0) is 6.42 Å². The van der Waals surface area contributed by atoms with Gasteiger partial charge in [0, 0.05) is 11.8 Å². The second-order valence-corrected chi connectivity index (χ2v) is 7.64. The molecule has 0 fully saturated rings. The highest BCUT2D eigenvalue weighted by Gasteiger charge is 2.37. The molecule has 0 heterocycles. The lowest BCUT2D eigenvalue weighted by Crippen LogP contribution is -2.35. The van der Waals surface area contributed by atoms with E-state index in [1.807, 2.05) is 4.72 Å². The first-order chi connectivity index (χ1) is 8.79. The molecule has 1 unspecified atom stereocenters. The SMILES string of the molecule is CCCC(NS(=O)(=O)O)P(=O)(OCCCl)OCCCl. The first kappa shape index (κ1) is 19.6. The highest BCUT2D eigenvalue weighted by atomic mass is 35.5. The molecule has 0 saturated heterocycles. The number of rotatable bonds is 11. The lowest BCUT2D eigenvalue weighted by molar-refractivity contribution is 0.210. The smallest absolute Gasteiger partial charge is 0.306 e. The van der Waals surface area contributed by atoms with E-state index >= 15 is 0 Å². The van der Waals surface area contributed by atoms with Gasteiger partial charge in [0.15, 0.2) is 0 Å². The second-order valence-electron chi connectivity index (χ2n) is 3.48. The third-order valence-electron chi connectivity index (χ3n) is 1.93. The van der Waals surface area contributed by atoms with E-state index in [1.54, 1.807) is 6.92 Å². The van der Waals surface area contributed by atoms with E-state index in [0.717, 1.165) is 0 Å². The van der Waals surface area contributed by atoms with Gasteiger partial charge in [0.2, 0.25) is 0 Å². The highest BCUT2D eigenvalue weighted by Crippen LogP contribution is 2.53. The summed E-state index contributed by atoms with van der Waals surface area (Å²) in [5.41, 5.74) is 0. The van der Waals surface area contributed by atoms with Crippen molar-refractivity contribution in [1.82, 2.24) is 4.72 Å². The van der Waals surface area contributed by atoms with Gasteiger partial charge in [-0.25, -0.2) is 0 Å². The van der Waals surface area contributed by atoms with Crippen molar-refractivity contribution in [3.05, 3.63) is 0 Å². The Kier molecular flexibility index (Phi) is 9.82. The fraction of sp³-hybridized carbons (Fsp3) is 1.00. The summed E-state index contributed by atoms with van der Waals surface area (Å²) in [6.07, 6.45) is 0.674. The van der Waals surface area contributed by atoms with Crippen LogP contribution >= 0.6 is 30.8 Å². The lowest BCUT2D eigenvalue weighted by Gasteiger charge is -2.26. The maximum absolute atomic E-state index is 12.5. The van der Waals surface area contributed by atoms with Crippen molar-refractivity contribution in [2.24, 2.45) is 0 Å². The van der Waals surface area contributed by atoms with Crippen molar-refractivity contribution in [1.29, 1.82) is 0 Å². The summed E-state index contributed by atoms with van der Waals surface area (Å²) in [7, 11) is -8.32. The summed E-state index contributed by atoms with van der Waals surface area (Å²) < 4.78 is 55.0. The zero-order valence-electron chi connectivity index (χ0n) is 10.4. The summed E-state index contributed by atoms with van der Waals surface area (Å²) in [5, 5.41) is 0. The summed E-state index contributed by atoms with van der Waals surface area (Å²) in [4.78, 5) is 0. The molecule has 116 valence electrons. The minimum absolute atomic E-state index is 0.0684. The third kappa shape index (κ3) is 8.47. The molecule has 0 aliphatic carbocycles. The van der Waals surface area contributed by atoms with E-state index in [9.17, 15) is 13.0 Å². The van der Waals surface area contributed by atoms with Gasteiger partial charge in [0.1, 0.15) is 5.78 Å². The fourth-order valence-electron chi connectivity index (χ4n) is 1.27. The quantitative estimate of drug-likeness (QED) is 0.334. The Morgan fingerprint density at radius 3 is 2.05 bits per heavy atom. The van der Waals surface area contributed by atoms with Gasteiger partial charge in [-0.15, -0.1) is 23.2 Å². The standard InChI is InChI=1S/C8H18Cl2NO6PS/c1-2-3-8(11-19(13,14)15)18(12,16-6-4-9)17-7-5-10/h8,11H,2-7H2,1H3,(H,13,14,15). The van der Waals surface area contributed by atoms with Gasteiger partial charge in [-0.3, -0.25) is 9.12 Å². The van der Waals surface area contributed by atoms with Crippen LogP contribution in [0.2, 0.25) is 0 Å². The van der Waals surface area contributed by atoms with Gasteiger partial charge in [0.05, 0.1) is 13.2 Å². The molecule has 7 nitrogen and oxygen atoms in total. The van der Waals surface area contributed by atoms with E-state index in [0.29, 0.717) is 6.42 Å². The Morgan fingerprint density at radius 2 is 1.74 bits per heavy atom. The Morgan fingerprint density at radius 1 is 1.26 bits per heavy atom. The van der Waals surface area contributed by atoms with E-state index in [4.69, 9.17) is 36.8 Å². The zero-order valence-corrected chi connectivity index (χ0v) is 13.6. The van der Waals surface area contributed by atoms with Crippen molar-refractivity contribution in [2.45, 2.75) is 25.5 Å². The maximum atomic E-state index is 12.5. The Bertz CT molecular complexity index is 381. The highest BCUT2D eigenvalue weighted by molar-refractivity contribution is 7.84. The van der Waals surface area contributed by atoms with Crippen LogP contribution in [0.25, 0.3) is 0 Å². The van der Waals surface area contributed by atoms with Crippen molar-refractivity contribution < 1.29 is 26.6 Å². The molecule has 0 spiro atoms. The molecular formula is C8H18Cl2NO6PS. The zero-order chi connectivity index (χ0) is 14.9.